The lowest BCUT2D eigenvalue weighted by Crippen LogP contribution is -2.00. The Morgan fingerprint density at radius 2 is 1.29 bits per heavy atom. The molecule has 0 fully saturated rings. The van der Waals surface area contributed by atoms with Crippen molar-refractivity contribution in [1.29, 1.82) is 0 Å². The first-order valence-corrected chi connectivity index (χ1v) is 4.50. The highest BCUT2D eigenvalue weighted by molar-refractivity contribution is 6.36. The van der Waals surface area contributed by atoms with E-state index in [1.807, 2.05) is 0 Å². The molecule has 0 atom stereocenters. The van der Waals surface area contributed by atoms with E-state index < -0.39 is 0 Å². The van der Waals surface area contributed by atoms with Gasteiger partial charge < -0.3 is 15.5 Å². The van der Waals surface area contributed by atoms with Crippen molar-refractivity contribution in [2.24, 2.45) is 0 Å². The first kappa shape index (κ1) is 11.7. The summed E-state index contributed by atoms with van der Waals surface area (Å²) < 4.78 is 0. The number of hydrogen-bond acceptors (Lipinski definition) is 3. The SMILES string of the molecule is Cl.Oc1c(O)c(Cl)c2c(c1Cl)CNC2. The van der Waals surface area contributed by atoms with Crippen LogP contribution in [0.3, 0.4) is 0 Å². The van der Waals surface area contributed by atoms with Gasteiger partial charge >= 0.3 is 0 Å². The highest BCUT2D eigenvalue weighted by Crippen LogP contribution is 2.45. The van der Waals surface area contributed by atoms with E-state index in [0.29, 0.717) is 13.1 Å². The average Bonchev–Trinajstić information content (AvgIpc) is 2.59. The summed E-state index contributed by atoms with van der Waals surface area (Å²) in [5.41, 5.74) is 1.53. The average molecular weight is 257 g/mol. The van der Waals surface area contributed by atoms with Crippen LogP contribution in [0.15, 0.2) is 0 Å². The van der Waals surface area contributed by atoms with Gasteiger partial charge in [0.05, 0.1) is 10.0 Å². The Morgan fingerprint density at radius 3 is 1.64 bits per heavy atom. The molecule has 0 aromatic heterocycles. The Kier molecular flexibility index (Phi) is 3.37. The maximum Gasteiger partial charge on any atom is 0.178 e. The molecule has 6 heteroatoms. The summed E-state index contributed by atoms with van der Waals surface area (Å²) in [5.74, 6) is -0.678. The van der Waals surface area contributed by atoms with Gasteiger partial charge in [0.15, 0.2) is 11.5 Å². The number of benzene rings is 1. The Balaban J connectivity index is 0.000000980. The highest BCUT2D eigenvalue weighted by atomic mass is 35.5. The largest absolute Gasteiger partial charge is 0.503 e. The normalized spacial score (nSPS) is 13.6. The second-order valence-corrected chi connectivity index (χ2v) is 3.64. The summed E-state index contributed by atoms with van der Waals surface area (Å²) in [6.45, 7) is 1.14. The molecule has 14 heavy (non-hydrogen) atoms. The maximum atomic E-state index is 9.36. The molecule has 1 aromatic carbocycles. The molecule has 0 spiro atoms. The molecule has 3 nitrogen and oxygen atoms in total. The van der Waals surface area contributed by atoms with E-state index in [9.17, 15) is 10.2 Å². The van der Waals surface area contributed by atoms with Crippen LogP contribution in [0.5, 0.6) is 11.5 Å². The van der Waals surface area contributed by atoms with E-state index in [2.05, 4.69) is 5.32 Å². The zero-order chi connectivity index (χ0) is 9.59. The molecule has 1 aromatic rings. The predicted octanol–water partition coefficient (Wildman–Crippen LogP) is 2.43. The Hall–Kier alpha value is -0.350. The number of phenols is 2. The first-order chi connectivity index (χ1) is 6.13. The lowest BCUT2D eigenvalue weighted by atomic mass is 10.1. The zero-order valence-corrected chi connectivity index (χ0v) is 9.30. The summed E-state index contributed by atoms with van der Waals surface area (Å²) in [6.07, 6.45) is 0. The fraction of sp³-hybridized carbons (Fsp3) is 0.250. The summed E-state index contributed by atoms with van der Waals surface area (Å²) in [4.78, 5) is 0. The van der Waals surface area contributed by atoms with Gasteiger partial charge in [-0.15, -0.1) is 12.4 Å². The molecule has 0 saturated heterocycles. The molecule has 0 radical (unpaired) electrons. The fourth-order valence-corrected chi connectivity index (χ4v) is 1.98. The molecule has 0 saturated carbocycles. The van der Waals surface area contributed by atoms with Gasteiger partial charge in [0, 0.05) is 13.1 Å². The van der Waals surface area contributed by atoms with E-state index >= 15 is 0 Å². The Morgan fingerprint density at radius 1 is 0.929 bits per heavy atom. The summed E-state index contributed by atoms with van der Waals surface area (Å²) in [5, 5.41) is 22.1. The van der Waals surface area contributed by atoms with Crippen LogP contribution < -0.4 is 5.32 Å². The fourth-order valence-electron chi connectivity index (χ4n) is 1.44. The van der Waals surface area contributed by atoms with Crippen molar-refractivity contribution < 1.29 is 10.2 Å². The van der Waals surface area contributed by atoms with Crippen LogP contribution in [0.2, 0.25) is 10.0 Å². The number of aromatic hydroxyl groups is 2. The van der Waals surface area contributed by atoms with Crippen molar-refractivity contribution in [3.63, 3.8) is 0 Å². The number of hydrogen-bond donors (Lipinski definition) is 3. The van der Waals surface area contributed by atoms with Crippen molar-refractivity contribution >= 4 is 35.6 Å². The molecule has 0 aliphatic carbocycles. The van der Waals surface area contributed by atoms with E-state index in [1.54, 1.807) is 0 Å². The standard InChI is InChI=1S/C8H7Cl2NO2.ClH/c9-5-3-1-11-2-4(3)6(10)8(13)7(5)12;/h11-13H,1-2H2;1H. The number of nitrogens with one attached hydrogen (secondary N) is 1. The maximum absolute atomic E-state index is 9.36. The summed E-state index contributed by atoms with van der Waals surface area (Å²) in [7, 11) is 0. The number of fused-ring (bicyclic) bond motifs is 1. The third kappa shape index (κ3) is 1.50. The lowest BCUT2D eigenvalue weighted by Gasteiger charge is -2.08. The minimum Gasteiger partial charge on any atom is -0.503 e. The molecule has 2 rings (SSSR count). The third-order valence-corrected chi connectivity index (χ3v) is 2.95. The van der Waals surface area contributed by atoms with Crippen LogP contribution in [-0.2, 0) is 13.1 Å². The van der Waals surface area contributed by atoms with Gasteiger partial charge in [-0.25, -0.2) is 0 Å². The van der Waals surface area contributed by atoms with Crippen molar-refractivity contribution in [3.05, 3.63) is 21.2 Å². The molecule has 0 bridgehead atoms. The van der Waals surface area contributed by atoms with Gasteiger partial charge in [-0.05, 0) is 11.1 Å². The van der Waals surface area contributed by atoms with Gasteiger partial charge in [0.2, 0.25) is 0 Å². The minimum atomic E-state index is -0.339. The smallest absolute Gasteiger partial charge is 0.178 e. The minimum absolute atomic E-state index is 0. The topological polar surface area (TPSA) is 52.5 Å². The van der Waals surface area contributed by atoms with Gasteiger partial charge in [-0.2, -0.15) is 0 Å². The number of rotatable bonds is 0. The van der Waals surface area contributed by atoms with Crippen LogP contribution in [0.25, 0.3) is 0 Å². The van der Waals surface area contributed by atoms with E-state index in [1.165, 1.54) is 0 Å². The third-order valence-electron chi connectivity index (χ3n) is 2.14. The van der Waals surface area contributed by atoms with Crippen molar-refractivity contribution in [2.75, 3.05) is 0 Å². The molecule has 0 amide bonds. The Bertz CT molecular complexity index is 347. The summed E-state index contributed by atoms with van der Waals surface area (Å²) in [6, 6.07) is 0. The van der Waals surface area contributed by atoms with Crippen LogP contribution in [0.4, 0.5) is 0 Å². The molecular weight excluding hydrogens is 248 g/mol. The first-order valence-electron chi connectivity index (χ1n) is 3.74. The van der Waals surface area contributed by atoms with Crippen molar-refractivity contribution in [3.8, 4) is 11.5 Å². The van der Waals surface area contributed by atoms with Gasteiger partial charge in [0.1, 0.15) is 0 Å². The second-order valence-electron chi connectivity index (χ2n) is 2.89. The number of phenolic OH excluding ortho intramolecular Hbond substituents is 2. The van der Waals surface area contributed by atoms with Gasteiger partial charge in [0.25, 0.3) is 0 Å². The highest BCUT2D eigenvalue weighted by Gasteiger charge is 2.24. The molecule has 1 aliphatic heterocycles. The van der Waals surface area contributed by atoms with Crippen molar-refractivity contribution in [1.82, 2.24) is 5.32 Å². The quantitative estimate of drug-likeness (QED) is 0.625. The molecule has 1 heterocycles. The van der Waals surface area contributed by atoms with Crippen LogP contribution >= 0.6 is 35.6 Å². The molecule has 78 valence electrons. The monoisotopic (exact) mass is 255 g/mol. The van der Waals surface area contributed by atoms with Crippen LogP contribution in [-0.4, -0.2) is 10.2 Å². The van der Waals surface area contributed by atoms with Gasteiger partial charge in [-0.3, -0.25) is 0 Å². The predicted molar refractivity (Wildman–Crippen MR) is 57.6 cm³/mol. The lowest BCUT2D eigenvalue weighted by molar-refractivity contribution is 0.403. The number of halogens is 3. The molecular formula is C8H8Cl3NO2. The zero-order valence-electron chi connectivity index (χ0n) is 6.97. The molecule has 0 unspecified atom stereocenters. The summed E-state index contributed by atoms with van der Waals surface area (Å²) >= 11 is 11.6. The van der Waals surface area contributed by atoms with E-state index in [4.69, 9.17) is 23.2 Å². The van der Waals surface area contributed by atoms with E-state index in [0.717, 1.165) is 11.1 Å². The molecule has 1 aliphatic rings. The van der Waals surface area contributed by atoms with E-state index in [-0.39, 0.29) is 34.0 Å². The van der Waals surface area contributed by atoms with Crippen molar-refractivity contribution in [2.45, 2.75) is 13.1 Å². The second kappa shape index (κ2) is 4.03. The Labute approximate surface area is 97.1 Å². The van der Waals surface area contributed by atoms with Crippen LogP contribution in [0, 0.1) is 0 Å². The van der Waals surface area contributed by atoms with Gasteiger partial charge in [-0.1, -0.05) is 23.2 Å². The van der Waals surface area contributed by atoms with Crippen LogP contribution in [0.1, 0.15) is 11.1 Å². The molecule has 3 N–H and O–H groups in total.